The summed E-state index contributed by atoms with van der Waals surface area (Å²) in [5.74, 6) is 0.252. The minimum absolute atomic E-state index is 0.00999. The minimum atomic E-state index is -0.752. The summed E-state index contributed by atoms with van der Waals surface area (Å²) in [5, 5.41) is 3.13. The number of carbonyl (C=O) groups is 2. The van der Waals surface area contributed by atoms with Gasteiger partial charge in [-0.3, -0.25) is 14.4 Å². The van der Waals surface area contributed by atoms with Gasteiger partial charge >= 0.3 is 0 Å². The van der Waals surface area contributed by atoms with E-state index in [0.717, 1.165) is 5.56 Å². The number of anilines is 1. The van der Waals surface area contributed by atoms with E-state index >= 15 is 0 Å². The summed E-state index contributed by atoms with van der Waals surface area (Å²) in [4.78, 5) is 36.8. The van der Waals surface area contributed by atoms with Crippen molar-refractivity contribution >= 4 is 28.3 Å². The Morgan fingerprint density at radius 2 is 1.83 bits per heavy atom. The molecule has 0 aliphatic carbocycles. The molecule has 2 amide bonds. The van der Waals surface area contributed by atoms with Crippen molar-refractivity contribution in [3.63, 3.8) is 0 Å². The fourth-order valence-corrected chi connectivity index (χ4v) is 3.81. The monoisotopic (exact) mass is 469 g/mol. The van der Waals surface area contributed by atoms with Crippen molar-refractivity contribution in [1.82, 2.24) is 4.57 Å². The van der Waals surface area contributed by atoms with Crippen LogP contribution in [-0.4, -0.2) is 16.4 Å². The number of fused-ring (bicyclic) bond motifs is 1. The second-order valence-electron chi connectivity index (χ2n) is 7.90. The van der Waals surface area contributed by atoms with Crippen molar-refractivity contribution in [3.8, 4) is 35.0 Å². The Morgan fingerprint density at radius 1 is 1.09 bits per heavy atom. The van der Waals surface area contributed by atoms with E-state index in [2.05, 4.69) is 5.32 Å². The zero-order valence-corrected chi connectivity index (χ0v) is 18.9. The van der Waals surface area contributed by atoms with E-state index in [1.54, 1.807) is 49.5 Å². The molecule has 0 saturated heterocycles. The molecule has 4 rings (SSSR count). The van der Waals surface area contributed by atoms with Crippen LogP contribution in [0, 0.1) is 25.1 Å². The molecule has 35 heavy (non-hydrogen) atoms. The molecule has 0 bridgehead atoms. The van der Waals surface area contributed by atoms with Gasteiger partial charge in [0, 0.05) is 30.1 Å². The van der Waals surface area contributed by atoms with Crippen molar-refractivity contribution in [2.75, 3.05) is 5.32 Å². The Balaban J connectivity index is 2.01. The smallest absolute Gasteiger partial charge is 0.300 e. The van der Waals surface area contributed by atoms with Gasteiger partial charge in [0.1, 0.15) is 5.75 Å². The molecule has 0 aliphatic heterocycles. The standard InChI is InChI=1S/C27H20FN3O4/c1-4-24(32)30-16-9-11-22(35-23-10-8-15(2)12-21(23)28)19(13-16)20-14-31(3)27(34)25-17(20)6-5-7-18(25)26(29)33/h1,5-14H,2-3H3,(H2,29,33)(H,30,32). The first-order valence-electron chi connectivity index (χ1n) is 10.5. The van der Waals surface area contributed by atoms with Crippen molar-refractivity contribution in [1.29, 1.82) is 0 Å². The number of carbonyl (C=O) groups excluding carboxylic acids is 2. The normalized spacial score (nSPS) is 10.6. The Kier molecular flexibility index (Phi) is 6.08. The first kappa shape index (κ1) is 23.3. The molecule has 0 spiro atoms. The number of benzene rings is 3. The molecule has 0 fully saturated rings. The van der Waals surface area contributed by atoms with Crippen molar-refractivity contribution in [3.05, 3.63) is 88.1 Å². The molecular weight excluding hydrogens is 449 g/mol. The molecule has 0 saturated carbocycles. The molecule has 4 aromatic rings. The number of terminal acetylenes is 1. The summed E-state index contributed by atoms with van der Waals surface area (Å²) in [7, 11) is 1.53. The maximum atomic E-state index is 14.6. The fraction of sp³-hybridized carbons (Fsp3) is 0.0741. The number of nitrogens with two attached hydrogens (primary N) is 1. The van der Waals surface area contributed by atoms with E-state index < -0.39 is 23.2 Å². The van der Waals surface area contributed by atoms with Crippen molar-refractivity contribution in [2.24, 2.45) is 12.8 Å². The molecule has 174 valence electrons. The Hall–Kier alpha value is -4.90. The predicted octanol–water partition coefficient (Wildman–Crippen LogP) is 4.12. The van der Waals surface area contributed by atoms with E-state index in [4.69, 9.17) is 16.9 Å². The summed E-state index contributed by atoms with van der Waals surface area (Å²) >= 11 is 0. The Labute approximate surface area is 199 Å². The molecule has 3 N–H and O–H groups in total. The van der Waals surface area contributed by atoms with Crippen LogP contribution in [0.1, 0.15) is 15.9 Å². The van der Waals surface area contributed by atoms with Crippen LogP contribution in [-0.2, 0) is 11.8 Å². The highest BCUT2D eigenvalue weighted by Crippen LogP contribution is 2.39. The molecule has 1 aromatic heterocycles. The highest BCUT2D eigenvalue weighted by atomic mass is 19.1. The fourth-order valence-electron chi connectivity index (χ4n) is 3.81. The molecular formula is C27H20FN3O4. The van der Waals surface area contributed by atoms with Crippen molar-refractivity contribution in [2.45, 2.75) is 6.92 Å². The van der Waals surface area contributed by atoms with Gasteiger partial charge in [-0.25, -0.2) is 4.39 Å². The third kappa shape index (κ3) is 4.48. The van der Waals surface area contributed by atoms with Crippen LogP contribution in [0.25, 0.3) is 21.9 Å². The zero-order chi connectivity index (χ0) is 25.3. The lowest BCUT2D eigenvalue weighted by molar-refractivity contribution is -0.111. The van der Waals surface area contributed by atoms with Gasteiger partial charge in [0.2, 0.25) is 5.91 Å². The Morgan fingerprint density at radius 3 is 2.51 bits per heavy atom. The molecule has 0 atom stereocenters. The maximum Gasteiger partial charge on any atom is 0.300 e. The number of halogens is 1. The van der Waals surface area contributed by atoms with Crippen LogP contribution in [0.2, 0.25) is 0 Å². The largest absolute Gasteiger partial charge is 0.454 e. The predicted molar refractivity (Wildman–Crippen MR) is 132 cm³/mol. The van der Waals surface area contributed by atoms with Crippen LogP contribution in [0.5, 0.6) is 11.5 Å². The second-order valence-corrected chi connectivity index (χ2v) is 7.90. The van der Waals surface area contributed by atoms with Crippen LogP contribution in [0.4, 0.5) is 10.1 Å². The first-order chi connectivity index (χ1) is 16.7. The lowest BCUT2D eigenvalue weighted by Gasteiger charge is -2.17. The topological polar surface area (TPSA) is 103 Å². The quantitative estimate of drug-likeness (QED) is 0.429. The number of hydrogen-bond donors (Lipinski definition) is 2. The summed E-state index contributed by atoms with van der Waals surface area (Å²) in [6.07, 6.45) is 6.74. The van der Waals surface area contributed by atoms with Gasteiger partial charge in [-0.1, -0.05) is 18.2 Å². The average Bonchev–Trinajstić information content (AvgIpc) is 2.83. The number of nitrogens with one attached hydrogen (secondary N) is 1. The number of nitrogens with zero attached hydrogens (tertiary/aromatic N) is 1. The van der Waals surface area contributed by atoms with Gasteiger partial charge in [0.15, 0.2) is 11.6 Å². The van der Waals surface area contributed by atoms with Crippen LogP contribution in [0.3, 0.4) is 0 Å². The first-order valence-corrected chi connectivity index (χ1v) is 10.5. The number of ether oxygens (including phenoxy) is 1. The summed E-state index contributed by atoms with van der Waals surface area (Å²) < 4.78 is 21.8. The lowest BCUT2D eigenvalue weighted by atomic mass is 9.96. The number of aromatic nitrogens is 1. The molecule has 0 unspecified atom stereocenters. The van der Waals surface area contributed by atoms with E-state index in [1.165, 1.54) is 29.8 Å². The van der Waals surface area contributed by atoms with E-state index in [-0.39, 0.29) is 22.4 Å². The number of primary amides is 1. The lowest BCUT2D eigenvalue weighted by Crippen LogP contribution is -2.21. The van der Waals surface area contributed by atoms with Gasteiger partial charge < -0.3 is 20.4 Å². The summed E-state index contributed by atoms with van der Waals surface area (Å²) in [6.45, 7) is 1.76. The number of hydrogen-bond acceptors (Lipinski definition) is 4. The number of aryl methyl sites for hydroxylation is 2. The number of rotatable bonds is 5. The van der Waals surface area contributed by atoms with E-state index in [9.17, 15) is 18.8 Å². The number of pyridine rings is 1. The van der Waals surface area contributed by atoms with Gasteiger partial charge in [-0.2, -0.15) is 0 Å². The molecule has 0 radical (unpaired) electrons. The maximum absolute atomic E-state index is 14.6. The highest BCUT2D eigenvalue weighted by Gasteiger charge is 2.19. The highest BCUT2D eigenvalue weighted by molar-refractivity contribution is 6.10. The van der Waals surface area contributed by atoms with Crippen LogP contribution < -0.4 is 21.3 Å². The Bertz CT molecular complexity index is 1620. The van der Waals surface area contributed by atoms with Gasteiger partial charge in [0.25, 0.3) is 11.5 Å². The van der Waals surface area contributed by atoms with Crippen molar-refractivity contribution < 1.29 is 18.7 Å². The molecule has 1 heterocycles. The minimum Gasteiger partial charge on any atom is -0.454 e. The molecule has 8 heteroatoms. The number of amides is 2. The van der Waals surface area contributed by atoms with Crippen LogP contribution in [0.15, 0.2) is 65.6 Å². The van der Waals surface area contributed by atoms with Gasteiger partial charge in [-0.05, 0) is 60.2 Å². The van der Waals surface area contributed by atoms with E-state index in [1.807, 2.05) is 5.92 Å². The molecule has 3 aromatic carbocycles. The second kappa shape index (κ2) is 9.15. The van der Waals surface area contributed by atoms with Gasteiger partial charge in [-0.15, -0.1) is 6.42 Å². The zero-order valence-electron chi connectivity index (χ0n) is 18.9. The average molecular weight is 469 g/mol. The summed E-state index contributed by atoms with van der Waals surface area (Å²) in [5.41, 5.74) is 7.16. The third-order valence-electron chi connectivity index (χ3n) is 5.44. The molecule has 7 nitrogen and oxygen atoms in total. The SMILES string of the molecule is C#CC(=O)Nc1ccc(Oc2ccc(C)cc2F)c(-c2cn(C)c(=O)c3c(C(N)=O)cccc23)c1. The van der Waals surface area contributed by atoms with Crippen LogP contribution >= 0.6 is 0 Å². The summed E-state index contributed by atoms with van der Waals surface area (Å²) in [6, 6.07) is 14.0. The molecule has 0 aliphatic rings. The third-order valence-corrected chi connectivity index (χ3v) is 5.44. The van der Waals surface area contributed by atoms with Gasteiger partial charge in [0.05, 0.1) is 10.9 Å². The van der Waals surface area contributed by atoms with E-state index in [0.29, 0.717) is 22.2 Å².